The molecule has 140 valence electrons. The van der Waals surface area contributed by atoms with Crippen molar-refractivity contribution in [2.45, 2.75) is 40.2 Å². The van der Waals surface area contributed by atoms with Crippen LogP contribution in [0, 0.1) is 12.8 Å². The third-order valence-electron chi connectivity index (χ3n) is 5.20. The summed E-state index contributed by atoms with van der Waals surface area (Å²) in [7, 11) is 0. The molecule has 1 aliphatic rings. The highest BCUT2D eigenvalue weighted by Gasteiger charge is 2.26. The maximum absolute atomic E-state index is 12.5. The van der Waals surface area contributed by atoms with Gasteiger partial charge in [0.05, 0.1) is 12.2 Å². The highest BCUT2D eigenvalue weighted by molar-refractivity contribution is 5.78. The van der Waals surface area contributed by atoms with Crippen molar-refractivity contribution in [1.29, 1.82) is 0 Å². The number of carbonyl (C=O) groups is 1. The van der Waals surface area contributed by atoms with Gasteiger partial charge in [-0.2, -0.15) is 4.68 Å². The third-order valence-corrected chi connectivity index (χ3v) is 5.20. The van der Waals surface area contributed by atoms with E-state index < -0.39 is 0 Å². The lowest BCUT2D eigenvalue weighted by atomic mass is 10.0. The van der Waals surface area contributed by atoms with Gasteiger partial charge in [-0.1, -0.05) is 31.5 Å². The van der Waals surface area contributed by atoms with Crippen molar-refractivity contribution in [3.8, 4) is 5.69 Å². The number of piperazine rings is 1. The first-order valence-electron chi connectivity index (χ1n) is 9.47. The van der Waals surface area contributed by atoms with E-state index in [1.807, 2.05) is 17.0 Å². The van der Waals surface area contributed by atoms with Crippen molar-refractivity contribution < 1.29 is 4.79 Å². The molecule has 0 unspecified atom stereocenters. The summed E-state index contributed by atoms with van der Waals surface area (Å²) >= 11 is 0. The fourth-order valence-electron chi connectivity index (χ4n) is 3.41. The Kier molecular flexibility index (Phi) is 5.98. The Balaban J connectivity index is 1.60. The molecule has 7 heteroatoms. The highest BCUT2D eigenvalue weighted by Crippen LogP contribution is 2.16. The Morgan fingerprint density at radius 1 is 1.08 bits per heavy atom. The molecule has 1 aromatic carbocycles. The van der Waals surface area contributed by atoms with E-state index in [1.165, 1.54) is 5.56 Å². The molecule has 3 rings (SSSR count). The van der Waals surface area contributed by atoms with Gasteiger partial charge in [-0.25, -0.2) is 0 Å². The topological polar surface area (TPSA) is 67.2 Å². The van der Waals surface area contributed by atoms with Crippen LogP contribution in [0.25, 0.3) is 5.69 Å². The average Bonchev–Trinajstić information content (AvgIpc) is 3.12. The van der Waals surface area contributed by atoms with Gasteiger partial charge in [-0.05, 0) is 42.3 Å². The number of amides is 1. The molecular weight excluding hydrogens is 328 g/mol. The normalized spacial score (nSPS) is 15.6. The molecule has 2 heterocycles. The second-order valence-electron chi connectivity index (χ2n) is 6.96. The van der Waals surface area contributed by atoms with E-state index in [0.29, 0.717) is 12.5 Å². The van der Waals surface area contributed by atoms with Crippen LogP contribution in [0.1, 0.15) is 38.1 Å². The number of benzene rings is 1. The van der Waals surface area contributed by atoms with Crippen molar-refractivity contribution in [2.75, 3.05) is 26.2 Å². The minimum Gasteiger partial charge on any atom is -0.340 e. The standard InChI is InChI=1S/C19H28N6O/c1-4-16(5-2)19(26)24-12-10-23(11-13-24)14-18-20-21-22-25(18)17-8-6-15(3)7-9-17/h6-9,16H,4-5,10-14H2,1-3H3. The predicted octanol–water partition coefficient (Wildman–Crippen LogP) is 2.05. The third kappa shape index (κ3) is 4.09. The second kappa shape index (κ2) is 8.40. The first kappa shape index (κ1) is 18.5. The molecule has 26 heavy (non-hydrogen) atoms. The summed E-state index contributed by atoms with van der Waals surface area (Å²) in [5.74, 6) is 1.29. The van der Waals surface area contributed by atoms with Crippen molar-refractivity contribution in [3.05, 3.63) is 35.7 Å². The van der Waals surface area contributed by atoms with Gasteiger partial charge in [0.1, 0.15) is 0 Å². The molecule has 1 aromatic heterocycles. The molecule has 0 N–H and O–H groups in total. The fourth-order valence-corrected chi connectivity index (χ4v) is 3.41. The van der Waals surface area contributed by atoms with Gasteiger partial charge >= 0.3 is 0 Å². The smallest absolute Gasteiger partial charge is 0.225 e. The Labute approximate surface area is 155 Å². The van der Waals surface area contributed by atoms with Gasteiger partial charge in [-0.15, -0.1) is 5.10 Å². The van der Waals surface area contributed by atoms with Crippen molar-refractivity contribution in [1.82, 2.24) is 30.0 Å². The Morgan fingerprint density at radius 3 is 2.35 bits per heavy atom. The minimum absolute atomic E-state index is 0.162. The lowest BCUT2D eigenvalue weighted by Crippen LogP contribution is -2.50. The van der Waals surface area contributed by atoms with Crippen LogP contribution >= 0.6 is 0 Å². The first-order chi connectivity index (χ1) is 12.6. The Hall–Kier alpha value is -2.28. The number of hydrogen-bond donors (Lipinski definition) is 0. The molecule has 7 nitrogen and oxygen atoms in total. The van der Waals surface area contributed by atoms with Crippen LogP contribution in [0.3, 0.4) is 0 Å². The van der Waals surface area contributed by atoms with Gasteiger partial charge in [0, 0.05) is 32.1 Å². The molecule has 0 bridgehead atoms. The number of aryl methyl sites for hydroxylation is 1. The highest BCUT2D eigenvalue weighted by atomic mass is 16.2. The largest absolute Gasteiger partial charge is 0.340 e. The molecule has 1 saturated heterocycles. The van der Waals surface area contributed by atoms with E-state index >= 15 is 0 Å². The second-order valence-corrected chi connectivity index (χ2v) is 6.96. The summed E-state index contributed by atoms with van der Waals surface area (Å²) in [6, 6.07) is 8.18. The quantitative estimate of drug-likeness (QED) is 0.792. The van der Waals surface area contributed by atoms with E-state index in [1.54, 1.807) is 4.68 Å². The number of tetrazole rings is 1. The zero-order chi connectivity index (χ0) is 18.5. The van der Waals surface area contributed by atoms with Crippen molar-refractivity contribution >= 4 is 5.91 Å². The monoisotopic (exact) mass is 356 g/mol. The van der Waals surface area contributed by atoms with Gasteiger partial charge in [0.2, 0.25) is 5.91 Å². The molecule has 0 radical (unpaired) electrons. The SMILES string of the molecule is CCC(CC)C(=O)N1CCN(Cc2nnnn2-c2ccc(C)cc2)CC1. The predicted molar refractivity (Wildman–Crippen MR) is 99.8 cm³/mol. The molecule has 0 spiro atoms. The zero-order valence-electron chi connectivity index (χ0n) is 15.9. The molecule has 1 fully saturated rings. The lowest BCUT2D eigenvalue weighted by Gasteiger charge is -2.36. The van der Waals surface area contributed by atoms with Crippen LogP contribution in [0.15, 0.2) is 24.3 Å². The number of aromatic nitrogens is 4. The summed E-state index contributed by atoms with van der Waals surface area (Å²) in [6.45, 7) is 10.2. The van der Waals surface area contributed by atoms with Crippen LogP contribution in [-0.2, 0) is 11.3 Å². The summed E-state index contributed by atoms with van der Waals surface area (Å²) in [5.41, 5.74) is 2.18. The maximum atomic E-state index is 12.5. The number of carbonyl (C=O) groups excluding carboxylic acids is 1. The maximum Gasteiger partial charge on any atom is 0.225 e. The van der Waals surface area contributed by atoms with E-state index in [2.05, 4.69) is 53.3 Å². The zero-order valence-corrected chi connectivity index (χ0v) is 15.9. The van der Waals surface area contributed by atoms with E-state index in [4.69, 9.17) is 0 Å². The van der Waals surface area contributed by atoms with Crippen LogP contribution in [0.5, 0.6) is 0 Å². The summed E-state index contributed by atoms with van der Waals surface area (Å²) in [4.78, 5) is 16.8. The van der Waals surface area contributed by atoms with Gasteiger partial charge in [0.15, 0.2) is 5.82 Å². The van der Waals surface area contributed by atoms with E-state index in [0.717, 1.165) is 50.5 Å². The van der Waals surface area contributed by atoms with Crippen molar-refractivity contribution in [3.63, 3.8) is 0 Å². The number of hydrogen-bond acceptors (Lipinski definition) is 5. The van der Waals surface area contributed by atoms with Crippen molar-refractivity contribution in [2.24, 2.45) is 5.92 Å². The fraction of sp³-hybridized carbons (Fsp3) is 0.579. The number of nitrogens with zero attached hydrogens (tertiary/aromatic N) is 6. The molecule has 0 saturated carbocycles. The van der Waals surface area contributed by atoms with Crippen LogP contribution in [0.2, 0.25) is 0 Å². The average molecular weight is 356 g/mol. The summed E-state index contributed by atoms with van der Waals surface area (Å²) < 4.78 is 1.79. The summed E-state index contributed by atoms with van der Waals surface area (Å²) in [5, 5.41) is 12.2. The Morgan fingerprint density at radius 2 is 1.73 bits per heavy atom. The van der Waals surface area contributed by atoms with Gasteiger partial charge in [-0.3, -0.25) is 9.69 Å². The van der Waals surface area contributed by atoms with Crippen LogP contribution in [-0.4, -0.2) is 62.1 Å². The van der Waals surface area contributed by atoms with E-state index in [-0.39, 0.29) is 5.92 Å². The van der Waals surface area contributed by atoms with Crippen LogP contribution < -0.4 is 0 Å². The molecule has 1 aliphatic heterocycles. The van der Waals surface area contributed by atoms with Gasteiger partial charge < -0.3 is 4.90 Å². The molecule has 0 atom stereocenters. The van der Waals surface area contributed by atoms with Crippen LogP contribution in [0.4, 0.5) is 0 Å². The summed E-state index contributed by atoms with van der Waals surface area (Å²) in [6.07, 6.45) is 1.84. The molecular formula is C19H28N6O. The van der Waals surface area contributed by atoms with Gasteiger partial charge in [0.25, 0.3) is 0 Å². The van der Waals surface area contributed by atoms with E-state index in [9.17, 15) is 4.79 Å². The Bertz CT molecular complexity index is 714. The minimum atomic E-state index is 0.162. The molecule has 1 amide bonds. The first-order valence-corrected chi connectivity index (χ1v) is 9.47. The molecule has 0 aliphatic carbocycles. The molecule has 2 aromatic rings. The lowest BCUT2D eigenvalue weighted by molar-refractivity contribution is -0.137. The number of rotatable bonds is 6.